The molecule has 0 saturated heterocycles. The van der Waals surface area contributed by atoms with Crippen LogP contribution in [-0.4, -0.2) is 17.0 Å². The predicted molar refractivity (Wildman–Crippen MR) is 77.9 cm³/mol. The molecule has 0 saturated carbocycles. The minimum Gasteiger partial charge on any atom is -0.327 e. The van der Waals surface area contributed by atoms with Gasteiger partial charge in [-0.2, -0.15) is 11.8 Å². The third kappa shape index (κ3) is 4.52. The van der Waals surface area contributed by atoms with Crippen LogP contribution >= 0.6 is 27.7 Å². The second-order valence-corrected chi connectivity index (χ2v) is 6.66. The molecule has 0 spiro atoms. The molecule has 1 nitrogen and oxygen atoms in total. The number of rotatable bonds is 6. The Morgan fingerprint density at radius 1 is 1.39 bits per heavy atom. The first-order chi connectivity index (χ1) is 8.45. The van der Waals surface area contributed by atoms with Gasteiger partial charge in [-0.15, -0.1) is 0 Å². The third-order valence-corrected chi connectivity index (χ3v) is 4.91. The molecule has 0 amide bonds. The molecule has 2 atom stereocenters. The lowest BCUT2D eigenvalue weighted by Crippen LogP contribution is -2.27. The molecule has 102 valence electrons. The summed E-state index contributed by atoms with van der Waals surface area (Å²) in [5, 5.41) is 0.522. The highest BCUT2D eigenvalue weighted by atomic mass is 79.9. The topological polar surface area (TPSA) is 26.0 Å². The molecule has 2 N–H and O–H groups in total. The summed E-state index contributed by atoms with van der Waals surface area (Å²) in [5.74, 6) is -0.362. The molecular formula is C13H18BrF2NS. The Kier molecular flexibility index (Phi) is 6.60. The van der Waals surface area contributed by atoms with E-state index in [-0.39, 0.29) is 22.5 Å². The number of thioether (sulfide) groups is 1. The van der Waals surface area contributed by atoms with Gasteiger partial charge in [0.05, 0.1) is 4.47 Å². The standard InChI is InChI=1S/C13H18BrF2NS/c1-3-8(2)18-7-9(17)6-10-12(15)5-4-11(14)13(10)16/h4-5,8-9H,3,6-7,17H2,1-2H3. The van der Waals surface area contributed by atoms with Crippen molar-refractivity contribution < 1.29 is 8.78 Å². The van der Waals surface area contributed by atoms with E-state index in [9.17, 15) is 8.78 Å². The maximum atomic E-state index is 13.7. The summed E-state index contributed by atoms with van der Waals surface area (Å²) in [6.07, 6.45) is 1.29. The van der Waals surface area contributed by atoms with Crippen LogP contribution in [0.2, 0.25) is 0 Å². The Balaban J connectivity index is 2.64. The zero-order chi connectivity index (χ0) is 13.7. The lowest BCUT2D eigenvalue weighted by Gasteiger charge is -2.15. The Labute approximate surface area is 120 Å². The summed E-state index contributed by atoms with van der Waals surface area (Å²) in [6.45, 7) is 4.23. The van der Waals surface area contributed by atoms with E-state index in [2.05, 4.69) is 29.8 Å². The van der Waals surface area contributed by atoms with Crippen molar-refractivity contribution in [3.05, 3.63) is 33.8 Å². The number of nitrogens with two attached hydrogens (primary N) is 1. The normalized spacial score (nSPS) is 14.6. The summed E-state index contributed by atoms with van der Waals surface area (Å²) in [5.41, 5.74) is 6.00. The second kappa shape index (κ2) is 7.46. The van der Waals surface area contributed by atoms with E-state index < -0.39 is 11.6 Å². The molecule has 1 rings (SSSR count). The quantitative estimate of drug-likeness (QED) is 0.790. The highest BCUT2D eigenvalue weighted by molar-refractivity contribution is 9.10. The summed E-state index contributed by atoms with van der Waals surface area (Å²) in [6, 6.07) is 2.40. The molecule has 0 radical (unpaired) electrons. The van der Waals surface area contributed by atoms with Crippen LogP contribution in [0.25, 0.3) is 0 Å². The van der Waals surface area contributed by atoms with Gasteiger partial charge in [-0.1, -0.05) is 13.8 Å². The van der Waals surface area contributed by atoms with Crippen molar-refractivity contribution in [2.45, 2.75) is 38.0 Å². The van der Waals surface area contributed by atoms with Crippen molar-refractivity contribution in [3.8, 4) is 0 Å². The molecular weight excluding hydrogens is 320 g/mol. The van der Waals surface area contributed by atoms with Crippen LogP contribution in [0.5, 0.6) is 0 Å². The average Bonchev–Trinajstić information content (AvgIpc) is 2.36. The maximum absolute atomic E-state index is 13.7. The lowest BCUT2D eigenvalue weighted by molar-refractivity contribution is 0.539. The van der Waals surface area contributed by atoms with Crippen LogP contribution in [0.3, 0.4) is 0 Å². The minimum absolute atomic E-state index is 0.0710. The monoisotopic (exact) mass is 337 g/mol. The van der Waals surface area contributed by atoms with E-state index in [1.54, 1.807) is 11.8 Å². The second-order valence-electron chi connectivity index (χ2n) is 4.34. The first kappa shape index (κ1) is 15.9. The fraction of sp³-hybridized carbons (Fsp3) is 0.538. The Morgan fingerprint density at radius 2 is 2.06 bits per heavy atom. The highest BCUT2D eigenvalue weighted by Crippen LogP contribution is 2.23. The Hall–Kier alpha value is -0.130. The van der Waals surface area contributed by atoms with Gasteiger partial charge in [0.15, 0.2) is 0 Å². The van der Waals surface area contributed by atoms with E-state index >= 15 is 0 Å². The Morgan fingerprint density at radius 3 is 2.67 bits per heavy atom. The van der Waals surface area contributed by atoms with Crippen LogP contribution in [0.4, 0.5) is 8.78 Å². The molecule has 2 unspecified atom stereocenters. The van der Waals surface area contributed by atoms with Crippen molar-refractivity contribution in [2.24, 2.45) is 5.73 Å². The first-order valence-electron chi connectivity index (χ1n) is 5.95. The molecule has 18 heavy (non-hydrogen) atoms. The lowest BCUT2D eigenvalue weighted by atomic mass is 10.1. The van der Waals surface area contributed by atoms with Crippen LogP contribution in [0.15, 0.2) is 16.6 Å². The van der Waals surface area contributed by atoms with Crippen molar-refractivity contribution in [1.29, 1.82) is 0 Å². The van der Waals surface area contributed by atoms with Crippen molar-refractivity contribution in [3.63, 3.8) is 0 Å². The molecule has 0 fully saturated rings. The van der Waals surface area contributed by atoms with Gasteiger partial charge in [0.2, 0.25) is 0 Å². The summed E-state index contributed by atoms with van der Waals surface area (Å²) >= 11 is 4.79. The van der Waals surface area contributed by atoms with Gasteiger partial charge in [-0.3, -0.25) is 0 Å². The summed E-state index contributed by atoms with van der Waals surface area (Å²) < 4.78 is 27.5. The molecule has 0 aliphatic heterocycles. The largest absolute Gasteiger partial charge is 0.327 e. The predicted octanol–water partition coefficient (Wildman–Crippen LogP) is 4.13. The molecule has 0 bridgehead atoms. The van der Waals surface area contributed by atoms with Crippen LogP contribution in [0, 0.1) is 11.6 Å². The minimum atomic E-state index is -0.543. The summed E-state index contributed by atoms with van der Waals surface area (Å²) in [4.78, 5) is 0. The number of hydrogen-bond donors (Lipinski definition) is 1. The number of benzene rings is 1. The molecule has 5 heteroatoms. The van der Waals surface area contributed by atoms with Crippen molar-refractivity contribution >= 4 is 27.7 Å². The SMILES string of the molecule is CCC(C)SCC(N)Cc1c(F)ccc(Br)c1F. The maximum Gasteiger partial charge on any atom is 0.143 e. The van der Waals surface area contributed by atoms with Gasteiger partial charge < -0.3 is 5.73 Å². The zero-order valence-electron chi connectivity index (χ0n) is 10.6. The molecule has 0 aliphatic rings. The first-order valence-corrected chi connectivity index (χ1v) is 7.79. The molecule has 1 aromatic rings. The van der Waals surface area contributed by atoms with Gasteiger partial charge in [0, 0.05) is 22.6 Å². The van der Waals surface area contributed by atoms with Crippen molar-refractivity contribution in [1.82, 2.24) is 0 Å². The number of hydrogen-bond acceptors (Lipinski definition) is 2. The average molecular weight is 338 g/mol. The van der Waals surface area contributed by atoms with Gasteiger partial charge >= 0.3 is 0 Å². The molecule has 1 aromatic carbocycles. The Bertz CT molecular complexity index is 401. The van der Waals surface area contributed by atoms with Crippen LogP contribution < -0.4 is 5.73 Å². The number of halogens is 3. The van der Waals surface area contributed by atoms with Crippen molar-refractivity contribution in [2.75, 3.05) is 5.75 Å². The molecule has 0 heterocycles. The van der Waals surface area contributed by atoms with E-state index in [4.69, 9.17) is 5.73 Å². The van der Waals surface area contributed by atoms with Gasteiger partial charge in [0.25, 0.3) is 0 Å². The molecule has 0 aromatic heterocycles. The van der Waals surface area contributed by atoms with Crippen LogP contribution in [0.1, 0.15) is 25.8 Å². The van der Waals surface area contributed by atoms with Crippen LogP contribution in [-0.2, 0) is 6.42 Å². The third-order valence-electron chi connectivity index (χ3n) is 2.77. The molecule has 0 aliphatic carbocycles. The van der Waals surface area contributed by atoms with E-state index in [0.29, 0.717) is 11.0 Å². The highest BCUT2D eigenvalue weighted by Gasteiger charge is 2.16. The fourth-order valence-corrected chi connectivity index (χ4v) is 2.78. The van der Waals surface area contributed by atoms with E-state index in [1.807, 2.05) is 0 Å². The van der Waals surface area contributed by atoms with E-state index in [1.165, 1.54) is 12.1 Å². The zero-order valence-corrected chi connectivity index (χ0v) is 13.0. The van der Waals surface area contributed by atoms with E-state index in [0.717, 1.165) is 6.42 Å². The fourth-order valence-electron chi connectivity index (χ4n) is 1.48. The van der Waals surface area contributed by atoms with Gasteiger partial charge in [-0.25, -0.2) is 8.78 Å². The van der Waals surface area contributed by atoms with Gasteiger partial charge in [0.1, 0.15) is 11.6 Å². The van der Waals surface area contributed by atoms with Gasteiger partial charge in [-0.05, 0) is 40.9 Å². The summed E-state index contributed by atoms with van der Waals surface area (Å²) in [7, 11) is 0. The smallest absolute Gasteiger partial charge is 0.143 e.